The van der Waals surface area contributed by atoms with Crippen molar-refractivity contribution >= 4 is 17.7 Å². The van der Waals surface area contributed by atoms with Gasteiger partial charge in [0.05, 0.1) is 12.9 Å². The molecule has 1 aliphatic rings. The van der Waals surface area contributed by atoms with Crippen molar-refractivity contribution in [2.75, 3.05) is 12.9 Å². The first kappa shape index (κ1) is 23.1. The number of hydrogen-bond donors (Lipinski definition) is 0. The Morgan fingerprint density at radius 3 is 2.40 bits per heavy atom. The van der Waals surface area contributed by atoms with Crippen molar-refractivity contribution in [3.63, 3.8) is 0 Å². The molecule has 178 valence electrons. The van der Waals surface area contributed by atoms with Crippen LogP contribution in [0.15, 0.2) is 84.0 Å². The first-order chi connectivity index (χ1) is 17.1. The molecule has 0 unspecified atom stereocenters. The van der Waals surface area contributed by atoms with Crippen LogP contribution in [-0.2, 0) is 11.3 Å². The number of nitrogens with zero attached hydrogens (tertiary/aromatic N) is 4. The van der Waals surface area contributed by atoms with Gasteiger partial charge < -0.3 is 9.64 Å². The predicted molar refractivity (Wildman–Crippen MR) is 134 cm³/mol. The minimum atomic E-state index is -0.309. The van der Waals surface area contributed by atoms with Crippen molar-refractivity contribution in [1.29, 1.82) is 0 Å². The molecule has 4 aromatic rings. The molecule has 1 amide bonds. The molecule has 0 spiro atoms. The summed E-state index contributed by atoms with van der Waals surface area (Å²) in [6, 6.07) is 24.0. The maximum Gasteiger partial charge on any atom is 0.233 e. The highest BCUT2D eigenvalue weighted by Crippen LogP contribution is 2.32. The van der Waals surface area contributed by atoms with Crippen LogP contribution in [0, 0.1) is 5.82 Å². The maximum atomic E-state index is 13.5. The number of carbonyl (C=O) groups is 1. The topological polar surface area (TPSA) is 60.2 Å². The van der Waals surface area contributed by atoms with E-state index in [2.05, 4.69) is 10.2 Å². The number of benzene rings is 3. The molecule has 1 heterocycles. The highest BCUT2D eigenvalue weighted by molar-refractivity contribution is 7.99. The van der Waals surface area contributed by atoms with E-state index in [-0.39, 0.29) is 23.5 Å². The standard InChI is InChI=1S/C27H25FN4O2S/c1-34-24-15-7-19(8-16-24)17-31(22-13-14-22)25(33)18-35-27-30-29-26(20-9-11-21(28)12-10-20)32(27)23-5-3-2-4-6-23/h2-12,15-16,22H,13-14,17-18H2,1H3. The Kier molecular flexibility index (Phi) is 6.81. The molecule has 1 aliphatic carbocycles. The van der Waals surface area contributed by atoms with E-state index in [0.29, 0.717) is 17.5 Å². The van der Waals surface area contributed by atoms with Crippen molar-refractivity contribution in [2.45, 2.75) is 30.6 Å². The van der Waals surface area contributed by atoms with E-state index in [1.54, 1.807) is 19.2 Å². The molecule has 0 aliphatic heterocycles. The number of rotatable bonds is 9. The van der Waals surface area contributed by atoms with Crippen LogP contribution in [0.25, 0.3) is 17.1 Å². The number of ether oxygens (including phenoxy) is 1. The average molecular weight is 489 g/mol. The summed E-state index contributed by atoms with van der Waals surface area (Å²) in [5, 5.41) is 9.38. The van der Waals surface area contributed by atoms with Crippen LogP contribution < -0.4 is 4.74 Å². The molecule has 6 nitrogen and oxygen atoms in total. The monoisotopic (exact) mass is 488 g/mol. The largest absolute Gasteiger partial charge is 0.497 e. The van der Waals surface area contributed by atoms with Crippen molar-refractivity contribution in [1.82, 2.24) is 19.7 Å². The molecule has 1 fully saturated rings. The third-order valence-electron chi connectivity index (χ3n) is 5.89. The minimum Gasteiger partial charge on any atom is -0.497 e. The summed E-state index contributed by atoms with van der Waals surface area (Å²) in [6.07, 6.45) is 2.06. The third kappa shape index (κ3) is 5.38. The number of methoxy groups -OCH3 is 1. The van der Waals surface area contributed by atoms with Crippen molar-refractivity contribution in [2.24, 2.45) is 0 Å². The van der Waals surface area contributed by atoms with E-state index < -0.39 is 0 Å². The molecular weight excluding hydrogens is 463 g/mol. The van der Waals surface area contributed by atoms with E-state index in [1.807, 2.05) is 64.1 Å². The Bertz CT molecular complexity index is 1290. The van der Waals surface area contributed by atoms with Crippen molar-refractivity contribution < 1.29 is 13.9 Å². The number of halogens is 1. The van der Waals surface area contributed by atoms with Gasteiger partial charge in [0.1, 0.15) is 11.6 Å². The van der Waals surface area contributed by atoms with Gasteiger partial charge >= 0.3 is 0 Å². The van der Waals surface area contributed by atoms with Gasteiger partial charge in [-0.2, -0.15) is 0 Å². The van der Waals surface area contributed by atoms with E-state index >= 15 is 0 Å². The molecule has 35 heavy (non-hydrogen) atoms. The summed E-state index contributed by atoms with van der Waals surface area (Å²) in [5.74, 6) is 1.41. The highest BCUT2D eigenvalue weighted by atomic mass is 32.2. The Balaban J connectivity index is 1.36. The lowest BCUT2D eigenvalue weighted by molar-refractivity contribution is -0.129. The number of thioether (sulfide) groups is 1. The fourth-order valence-electron chi connectivity index (χ4n) is 3.90. The van der Waals surface area contributed by atoms with Gasteiger partial charge in [0.2, 0.25) is 5.91 Å². The molecule has 0 atom stereocenters. The SMILES string of the molecule is COc1ccc(CN(C(=O)CSc2nnc(-c3ccc(F)cc3)n2-c2ccccc2)C2CC2)cc1. The second-order valence-corrected chi connectivity index (χ2v) is 9.32. The molecular formula is C27H25FN4O2S. The predicted octanol–water partition coefficient (Wildman–Crippen LogP) is 5.37. The fraction of sp³-hybridized carbons (Fsp3) is 0.222. The van der Waals surface area contributed by atoms with Crippen LogP contribution in [-0.4, -0.2) is 44.5 Å². The number of para-hydroxylation sites is 1. The van der Waals surface area contributed by atoms with Gasteiger partial charge in [0, 0.05) is 23.8 Å². The van der Waals surface area contributed by atoms with Crippen LogP contribution in [0.4, 0.5) is 4.39 Å². The van der Waals surface area contributed by atoms with Gasteiger partial charge in [0.25, 0.3) is 0 Å². The summed E-state index contributed by atoms with van der Waals surface area (Å²) in [4.78, 5) is 15.2. The number of hydrogen-bond acceptors (Lipinski definition) is 5. The van der Waals surface area contributed by atoms with Gasteiger partial charge in [-0.25, -0.2) is 4.39 Å². The van der Waals surface area contributed by atoms with E-state index in [4.69, 9.17) is 4.74 Å². The molecule has 5 rings (SSSR count). The van der Waals surface area contributed by atoms with Gasteiger partial charge in [-0.3, -0.25) is 9.36 Å². The number of aromatic nitrogens is 3. The van der Waals surface area contributed by atoms with Crippen LogP contribution in [0.2, 0.25) is 0 Å². The minimum absolute atomic E-state index is 0.0688. The summed E-state index contributed by atoms with van der Waals surface area (Å²) in [5.41, 5.74) is 2.70. The van der Waals surface area contributed by atoms with Gasteiger partial charge in [-0.05, 0) is 66.9 Å². The Hall–Kier alpha value is -3.65. The van der Waals surface area contributed by atoms with E-state index in [1.165, 1.54) is 23.9 Å². The van der Waals surface area contributed by atoms with Gasteiger partial charge in [0.15, 0.2) is 11.0 Å². The second-order valence-electron chi connectivity index (χ2n) is 8.37. The second kappa shape index (κ2) is 10.3. The van der Waals surface area contributed by atoms with Crippen LogP contribution in [0.1, 0.15) is 18.4 Å². The Morgan fingerprint density at radius 1 is 1.03 bits per heavy atom. The quantitative estimate of drug-likeness (QED) is 0.297. The van der Waals surface area contributed by atoms with Gasteiger partial charge in [-0.15, -0.1) is 10.2 Å². The summed E-state index contributed by atoms with van der Waals surface area (Å²) < 4.78 is 20.6. The number of amides is 1. The van der Waals surface area contributed by atoms with Crippen LogP contribution in [0.3, 0.4) is 0 Å². The number of carbonyl (C=O) groups excluding carboxylic acids is 1. The van der Waals surface area contributed by atoms with Crippen LogP contribution >= 0.6 is 11.8 Å². The first-order valence-corrected chi connectivity index (χ1v) is 12.4. The lowest BCUT2D eigenvalue weighted by Gasteiger charge is -2.22. The molecule has 0 bridgehead atoms. The summed E-state index contributed by atoms with van der Waals surface area (Å²) >= 11 is 1.36. The average Bonchev–Trinajstić information content (AvgIpc) is 3.65. The lowest BCUT2D eigenvalue weighted by Crippen LogP contribution is -2.34. The zero-order chi connectivity index (χ0) is 24.2. The maximum absolute atomic E-state index is 13.5. The van der Waals surface area contributed by atoms with E-state index in [0.717, 1.165) is 35.4 Å². The van der Waals surface area contributed by atoms with Crippen LogP contribution in [0.5, 0.6) is 5.75 Å². The van der Waals surface area contributed by atoms with Crippen molar-refractivity contribution in [3.8, 4) is 22.8 Å². The zero-order valence-corrected chi connectivity index (χ0v) is 20.1. The van der Waals surface area contributed by atoms with E-state index in [9.17, 15) is 9.18 Å². The molecule has 1 aromatic heterocycles. The smallest absolute Gasteiger partial charge is 0.233 e. The summed E-state index contributed by atoms with van der Waals surface area (Å²) in [6.45, 7) is 0.570. The van der Waals surface area contributed by atoms with Crippen molar-refractivity contribution in [3.05, 3.63) is 90.2 Å². The van der Waals surface area contributed by atoms with Gasteiger partial charge in [-0.1, -0.05) is 42.1 Å². The zero-order valence-electron chi connectivity index (χ0n) is 19.3. The highest BCUT2D eigenvalue weighted by Gasteiger charge is 2.32. The first-order valence-electron chi connectivity index (χ1n) is 11.4. The Labute approximate surface area is 207 Å². The molecule has 1 saturated carbocycles. The molecule has 0 N–H and O–H groups in total. The molecule has 8 heteroatoms. The lowest BCUT2D eigenvalue weighted by atomic mass is 10.2. The summed E-state index contributed by atoms with van der Waals surface area (Å²) in [7, 11) is 1.64. The third-order valence-corrected chi connectivity index (χ3v) is 6.81. The fourth-order valence-corrected chi connectivity index (χ4v) is 4.74. The normalized spacial score (nSPS) is 13.0. The molecule has 0 radical (unpaired) electrons. The molecule has 3 aromatic carbocycles. The Morgan fingerprint density at radius 2 is 1.74 bits per heavy atom. The molecule has 0 saturated heterocycles.